The zero-order valence-corrected chi connectivity index (χ0v) is 16.8. The summed E-state index contributed by atoms with van der Waals surface area (Å²) in [6, 6.07) is 0. The summed E-state index contributed by atoms with van der Waals surface area (Å²) in [6.45, 7) is 4.51. The van der Waals surface area contributed by atoms with Crippen molar-refractivity contribution in [2.45, 2.75) is 19.8 Å². The molecule has 3 aromatic rings. The third-order valence-electron chi connectivity index (χ3n) is 5.43. The molecule has 0 bridgehead atoms. The van der Waals surface area contributed by atoms with Crippen LogP contribution in [-0.2, 0) is 14.1 Å². The normalized spacial score (nSPS) is 15.4. The van der Waals surface area contributed by atoms with Gasteiger partial charge >= 0.3 is 0 Å². The fourth-order valence-corrected chi connectivity index (χ4v) is 3.90. The second kappa shape index (κ2) is 7.21. The Morgan fingerprint density at radius 2 is 1.93 bits per heavy atom. The maximum Gasteiger partial charge on any atom is 0.256 e. The van der Waals surface area contributed by atoms with Crippen molar-refractivity contribution >= 4 is 22.8 Å². The predicted octanol–water partition coefficient (Wildman–Crippen LogP) is 1.39. The maximum absolute atomic E-state index is 12.5. The third-order valence-corrected chi connectivity index (χ3v) is 5.43. The van der Waals surface area contributed by atoms with Gasteiger partial charge in [-0.05, 0) is 25.7 Å². The van der Waals surface area contributed by atoms with Gasteiger partial charge in [0.15, 0.2) is 5.65 Å². The number of carbonyl (C=O) groups is 1. The molecule has 0 saturated carbocycles. The van der Waals surface area contributed by atoms with Crippen molar-refractivity contribution in [3.8, 4) is 0 Å². The standard InChI is InChI=1S/C19H26N8O/c1-13-22-17-16(10-21-26(17)4)18(23-13)27-7-5-14(6-8-27)11-24(2)19(28)15-9-20-25(3)12-15/h9-10,12,14H,5-8,11H2,1-4H3. The van der Waals surface area contributed by atoms with Crippen molar-refractivity contribution in [3.05, 3.63) is 30.0 Å². The molecule has 0 N–H and O–H groups in total. The lowest BCUT2D eigenvalue weighted by Crippen LogP contribution is -2.39. The Morgan fingerprint density at radius 1 is 1.18 bits per heavy atom. The highest BCUT2D eigenvalue weighted by atomic mass is 16.2. The quantitative estimate of drug-likeness (QED) is 0.678. The molecule has 1 aliphatic heterocycles. The van der Waals surface area contributed by atoms with E-state index in [2.05, 4.69) is 25.1 Å². The lowest BCUT2D eigenvalue weighted by atomic mass is 9.96. The predicted molar refractivity (Wildman–Crippen MR) is 106 cm³/mol. The summed E-state index contributed by atoms with van der Waals surface area (Å²) in [7, 11) is 5.59. The maximum atomic E-state index is 12.5. The van der Waals surface area contributed by atoms with Gasteiger partial charge in [0.05, 0.1) is 23.3 Å². The lowest BCUT2D eigenvalue weighted by molar-refractivity contribution is 0.0765. The average Bonchev–Trinajstić information content (AvgIpc) is 3.27. The van der Waals surface area contributed by atoms with E-state index in [-0.39, 0.29) is 5.91 Å². The first-order valence-electron chi connectivity index (χ1n) is 9.58. The number of piperidine rings is 1. The molecule has 1 aliphatic rings. The van der Waals surface area contributed by atoms with Gasteiger partial charge in [0.2, 0.25) is 0 Å². The van der Waals surface area contributed by atoms with Crippen LogP contribution in [-0.4, -0.2) is 67.0 Å². The first-order valence-corrected chi connectivity index (χ1v) is 9.58. The minimum absolute atomic E-state index is 0.0269. The number of aromatic nitrogens is 6. The first-order chi connectivity index (χ1) is 13.4. The summed E-state index contributed by atoms with van der Waals surface area (Å²) in [5, 5.41) is 9.42. The number of hydrogen-bond donors (Lipinski definition) is 0. The zero-order chi connectivity index (χ0) is 19.8. The lowest BCUT2D eigenvalue weighted by Gasteiger charge is -2.34. The van der Waals surface area contributed by atoms with Crippen molar-refractivity contribution in [1.29, 1.82) is 0 Å². The Balaban J connectivity index is 1.40. The van der Waals surface area contributed by atoms with Crippen molar-refractivity contribution in [3.63, 3.8) is 0 Å². The highest BCUT2D eigenvalue weighted by molar-refractivity contribution is 5.93. The summed E-state index contributed by atoms with van der Waals surface area (Å²) >= 11 is 0. The molecule has 148 valence electrons. The number of hydrogen-bond acceptors (Lipinski definition) is 6. The largest absolute Gasteiger partial charge is 0.356 e. The van der Waals surface area contributed by atoms with Gasteiger partial charge in [0.25, 0.3) is 5.91 Å². The molecule has 0 radical (unpaired) electrons. The molecule has 0 aliphatic carbocycles. The second-order valence-corrected chi connectivity index (χ2v) is 7.62. The van der Waals surface area contributed by atoms with Crippen LogP contribution >= 0.6 is 0 Å². The van der Waals surface area contributed by atoms with Gasteiger partial charge in [0.1, 0.15) is 11.6 Å². The van der Waals surface area contributed by atoms with Gasteiger partial charge in [-0.1, -0.05) is 0 Å². The summed E-state index contributed by atoms with van der Waals surface area (Å²) in [4.78, 5) is 25.9. The van der Waals surface area contributed by atoms with Crippen LogP contribution < -0.4 is 4.90 Å². The number of rotatable bonds is 4. The van der Waals surface area contributed by atoms with Gasteiger partial charge in [0, 0.05) is 47.0 Å². The molecule has 3 aromatic heterocycles. The van der Waals surface area contributed by atoms with Crippen LogP contribution in [0.15, 0.2) is 18.6 Å². The van der Waals surface area contributed by atoms with Crippen LogP contribution in [0.25, 0.3) is 11.0 Å². The van der Waals surface area contributed by atoms with Gasteiger partial charge in [-0.3, -0.25) is 14.2 Å². The topological polar surface area (TPSA) is 85.0 Å². The molecular weight excluding hydrogens is 356 g/mol. The number of carbonyl (C=O) groups excluding carboxylic acids is 1. The van der Waals surface area contributed by atoms with E-state index in [0.717, 1.165) is 55.2 Å². The highest BCUT2D eigenvalue weighted by Crippen LogP contribution is 2.28. The monoisotopic (exact) mass is 382 g/mol. The number of anilines is 1. The Labute approximate surface area is 164 Å². The summed E-state index contributed by atoms with van der Waals surface area (Å²) in [6.07, 6.45) is 7.28. The zero-order valence-electron chi connectivity index (χ0n) is 16.8. The Kier molecular flexibility index (Phi) is 4.74. The summed E-state index contributed by atoms with van der Waals surface area (Å²) in [5.41, 5.74) is 1.50. The van der Waals surface area contributed by atoms with Gasteiger partial charge in [-0.2, -0.15) is 10.2 Å². The van der Waals surface area contributed by atoms with Gasteiger partial charge < -0.3 is 9.80 Å². The molecule has 1 amide bonds. The van der Waals surface area contributed by atoms with Crippen LogP contribution in [0.3, 0.4) is 0 Å². The molecular formula is C19H26N8O. The molecule has 0 spiro atoms. The molecule has 9 heteroatoms. The van der Waals surface area contributed by atoms with Crippen molar-refractivity contribution < 1.29 is 4.79 Å². The van der Waals surface area contributed by atoms with E-state index in [1.54, 1.807) is 21.8 Å². The van der Waals surface area contributed by atoms with Crippen LogP contribution in [0.5, 0.6) is 0 Å². The van der Waals surface area contributed by atoms with Crippen LogP contribution in [0.2, 0.25) is 0 Å². The Morgan fingerprint density at radius 3 is 2.61 bits per heavy atom. The van der Waals surface area contributed by atoms with Gasteiger partial charge in [-0.25, -0.2) is 9.97 Å². The van der Waals surface area contributed by atoms with Crippen LogP contribution in [0.1, 0.15) is 29.0 Å². The smallest absolute Gasteiger partial charge is 0.256 e. The minimum Gasteiger partial charge on any atom is -0.356 e. The molecule has 0 unspecified atom stereocenters. The molecule has 0 atom stereocenters. The molecule has 4 heterocycles. The van der Waals surface area contributed by atoms with E-state index in [4.69, 9.17) is 0 Å². The molecule has 9 nitrogen and oxygen atoms in total. The van der Waals surface area contributed by atoms with E-state index in [0.29, 0.717) is 11.5 Å². The number of fused-ring (bicyclic) bond motifs is 1. The number of aryl methyl sites for hydroxylation is 3. The Hall–Kier alpha value is -2.97. The molecule has 1 fully saturated rings. The van der Waals surface area contributed by atoms with Gasteiger partial charge in [-0.15, -0.1) is 0 Å². The Bertz CT molecular complexity index is 999. The van der Waals surface area contributed by atoms with Crippen LogP contribution in [0, 0.1) is 12.8 Å². The number of nitrogens with zero attached hydrogens (tertiary/aromatic N) is 8. The van der Waals surface area contributed by atoms with Crippen molar-refractivity contribution in [2.75, 3.05) is 31.6 Å². The molecule has 1 saturated heterocycles. The van der Waals surface area contributed by atoms with Crippen molar-refractivity contribution in [1.82, 2.24) is 34.4 Å². The van der Waals surface area contributed by atoms with E-state index in [1.165, 1.54) is 0 Å². The molecule has 0 aromatic carbocycles. The minimum atomic E-state index is 0.0269. The summed E-state index contributed by atoms with van der Waals surface area (Å²) < 4.78 is 3.45. The second-order valence-electron chi connectivity index (χ2n) is 7.62. The SMILES string of the molecule is Cc1nc(N2CCC(CN(C)C(=O)c3cnn(C)c3)CC2)c2cnn(C)c2n1. The fourth-order valence-electron chi connectivity index (χ4n) is 3.90. The van der Waals surface area contributed by atoms with Crippen LogP contribution in [0.4, 0.5) is 5.82 Å². The molecule has 4 rings (SSSR count). The average molecular weight is 382 g/mol. The van der Waals surface area contributed by atoms with E-state index in [1.807, 2.05) is 39.2 Å². The van der Waals surface area contributed by atoms with E-state index in [9.17, 15) is 4.79 Å². The first kappa shape index (κ1) is 18.4. The summed E-state index contributed by atoms with van der Waals surface area (Å²) in [5.74, 6) is 2.23. The van der Waals surface area contributed by atoms with E-state index >= 15 is 0 Å². The van der Waals surface area contributed by atoms with Crippen molar-refractivity contribution in [2.24, 2.45) is 20.0 Å². The highest BCUT2D eigenvalue weighted by Gasteiger charge is 2.25. The molecule has 28 heavy (non-hydrogen) atoms. The fraction of sp³-hybridized carbons (Fsp3) is 0.526. The number of amides is 1. The third kappa shape index (κ3) is 3.44. The van der Waals surface area contributed by atoms with E-state index < -0.39 is 0 Å².